The number of benzene rings is 3. The van der Waals surface area contributed by atoms with Crippen molar-refractivity contribution in [3.05, 3.63) is 102 Å². The van der Waals surface area contributed by atoms with Crippen LogP contribution >= 0.6 is 11.6 Å². The molecule has 2 aromatic heterocycles. The number of fused-ring (bicyclic) bond motifs is 1. The molecule has 3 aromatic carbocycles. The van der Waals surface area contributed by atoms with E-state index >= 15 is 0 Å². The first-order valence-corrected chi connectivity index (χ1v) is 13.5. The van der Waals surface area contributed by atoms with Crippen molar-refractivity contribution in [1.82, 2.24) is 9.97 Å². The molecule has 36 heavy (non-hydrogen) atoms. The first-order chi connectivity index (χ1) is 17.3. The van der Waals surface area contributed by atoms with Crippen molar-refractivity contribution in [1.29, 1.82) is 0 Å². The third kappa shape index (κ3) is 4.76. The number of hydrogen-bond acceptors (Lipinski definition) is 5. The van der Waals surface area contributed by atoms with Gasteiger partial charge in [0.25, 0.3) is 0 Å². The van der Waals surface area contributed by atoms with Crippen LogP contribution < -0.4 is 9.62 Å². The van der Waals surface area contributed by atoms with E-state index in [4.69, 9.17) is 16.6 Å². The molecule has 5 aromatic rings. The van der Waals surface area contributed by atoms with Gasteiger partial charge in [0.2, 0.25) is 10.0 Å². The van der Waals surface area contributed by atoms with Crippen LogP contribution in [-0.4, -0.2) is 31.7 Å². The van der Waals surface area contributed by atoms with Gasteiger partial charge in [-0.05, 0) is 46.3 Å². The van der Waals surface area contributed by atoms with Crippen molar-refractivity contribution in [3.8, 4) is 22.3 Å². The Hall–Kier alpha value is -3.94. The maximum atomic E-state index is 11.8. The van der Waals surface area contributed by atoms with Crippen molar-refractivity contribution >= 4 is 49.7 Å². The lowest BCUT2D eigenvalue weighted by molar-refractivity contribution is 0.607. The van der Waals surface area contributed by atoms with Crippen LogP contribution in [0.5, 0.6) is 0 Å². The molecule has 0 spiro atoms. The molecule has 8 heteroatoms. The summed E-state index contributed by atoms with van der Waals surface area (Å²) in [4.78, 5) is 11.3. The zero-order valence-corrected chi connectivity index (χ0v) is 21.3. The van der Waals surface area contributed by atoms with Crippen LogP contribution in [0, 0.1) is 0 Å². The second kappa shape index (κ2) is 9.60. The number of halogens is 1. The summed E-state index contributed by atoms with van der Waals surface area (Å²) in [6, 6.07) is 29.0. The Balaban J connectivity index is 1.81. The van der Waals surface area contributed by atoms with Gasteiger partial charge in [-0.2, -0.15) is 0 Å². The lowest BCUT2D eigenvalue weighted by Crippen LogP contribution is -2.14. The Bertz CT molecular complexity index is 1660. The number of rotatable bonds is 6. The van der Waals surface area contributed by atoms with Gasteiger partial charge >= 0.3 is 0 Å². The van der Waals surface area contributed by atoms with E-state index in [0.717, 1.165) is 45.1 Å². The molecule has 0 aliphatic rings. The molecule has 0 bridgehead atoms. The monoisotopic (exact) mass is 514 g/mol. The van der Waals surface area contributed by atoms with Gasteiger partial charge in [0.1, 0.15) is 16.8 Å². The van der Waals surface area contributed by atoms with Crippen LogP contribution in [0.2, 0.25) is 5.15 Å². The minimum Gasteiger partial charge on any atom is -0.314 e. The lowest BCUT2D eigenvalue weighted by atomic mass is 9.94. The molecule has 180 valence electrons. The number of sulfonamides is 1. The fraction of sp³-hybridized carbons (Fsp3) is 0.0714. The number of anilines is 3. The summed E-state index contributed by atoms with van der Waals surface area (Å²) in [5.74, 6) is 1.40. The van der Waals surface area contributed by atoms with E-state index in [1.165, 1.54) is 0 Å². The third-order valence-corrected chi connectivity index (χ3v) is 6.70. The number of hydrogen-bond donors (Lipinski definition) is 1. The maximum absolute atomic E-state index is 11.8. The lowest BCUT2D eigenvalue weighted by Gasteiger charge is -2.23. The molecule has 0 saturated heterocycles. The zero-order chi connectivity index (χ0) is 25.3. The van der Waals surface area contributed by atoms with Gasteiger partial charge in [-0.1, -0.05) is 78.3 Å². The van der Waals surface area contributed by atoms with E-state index in [1.807, 2.05) is 66.5 Å². The summed E-state index contributed by atoms with van der Waals surface area (Å²) < 4.78 is 26.2. The van der Waals surface area contributed by atoms with Crippen LogP contribution in [0.15, 0.2) is 97.2 Å². The second-order valence-corrected chi connectivity index (χ2v) is 10.5. The fourth-order valence-electron chi connectivity index (χ4n) is 4.31. The van der Waals surface area contributed by atoms with Crippen LogP contribution in [0.3, 0.4) is 0 Å². The van der Waals surface area contributed by atoms with E-state index < -0.39 is 10.0 Å². The molecule has 2 heterocycles. The van der Waals surface area contributed by atoms with Gasteiger partial charge in [-0.15, -0.1) is 0 Å². The van der Waals surface area contributed by atoms with E-state index in [-0.39, 0.29) is 0 Å². The van der Waals surface area contributed by atoms with Crippen LogP contribution in [0.4, 0.5) is 17.3 Å². The smallest absolute Gasteiger partial charge is 0.229 e. The summed E-state index contributed by atoms with van der Waals surface area (Å²) in [5.41, 5.74) is 3.97. The van der Waals surface area contributed by atoms with E-state index in [9.17, 15) is 8.42 Å². The second-order valence-electron chi connectivity index (χ2n) is 8.40. The van der Waals surface area contributed by atoms with Crippen LogP contribution in [-0.2, 0) is 10.0 Å². The van der Waals surface area contributed by atoms with Crippen molar-refractivity contribution < 1.29 is 8.42 Å². The molecule has 5 rings (SSSR count). The van der Waals surface area contributed by atoms with Gasteiger partial charge in [-0.25, -0.2) is 18.4 Å². The van der Waals surface area contributed by atoms with Gasteiger partial charge in [-0.3, -0.25) is 4.72 Å². The highest BCUT2D eigenvalue weighted by Gasteiger charge is 2.21. The Kier molecular flexibility index (Phi) is 6.35. The molecular formula is C28H23ClN4O2S. The van der Waals surface area contributed by atoms with Crippen LogP contribution in [0.1, 0.15) is 0 Å². The Morgan fingerprint density at radius 2 is 1.58 bits per heavy atom. The summed E-state index contributed by atoms with van der Waals surface area (Å²) in [5, 5.41) is 2.12. The quantitative estimate of drug-likeness (QED) is 0.253. The molecule has 0 saturated carbocycles. The summed E-state index contributed by atoms with van der Waals surface area (Å²) in [6.07, 6.45) is 2.86. The molecule has 0 aliphatic carbocycles. The molecule has 0 unspecified atom stereocenters. The number of nitrogens with zero attached hydrogens (tertiary/aromatic N) is 3. The summed E-state index contributed by atoms with van der Waals surface area (Å²) >= 11 is 6.86. The number of nitrogens with one attached hydrogen (secondary N) is 1. The first kappa shape index (κ1) is 23.8. The SMILES string of the molecule is CN(c1ccccn1)c1nc(Cl)c(-c2cccc(NS(C)(=O)=O)c2)c2cccc(-c3ccccc3)c12. The highest BCUT2D eigenvalue weighted by atomic mass is 35.5. The summed E-state index contributed by atoms with van der Waals surface area (Å²) in [6.45, 7) is 0. The summed E-state index contributed by atoms with van der Waals surface area (Å²) in [7, 11) is -1.52. The number of pyridine rings is 2. The Morgan fingerprint density at radius 3 is 2.31 bits per heavy atom. The maximum Gasteiger partial charge on any atom is 0.229 e. The average molecular weight is 515 g/mol. The van der Waals surface area contributed by atoms with Crippen molar-refractivity contribution in [2.45, 2.75) is 0 Å². The first-order valence-electron chi connectivity index (χ1n) is 11.2. The van der Waals surface area contributed by atoms with Gasteiger partial charge < -0.3 is 4.90 Å². The molecule has 0 radical (unpaired) electrons. The highest BCUT2D eigenvalue weighted by Crippen LogP contribution is 2.43. The van der Waals surface area contributed by atoms with Crippen LogP contribution in [0.25, 0.3) is 33.0 Å². The van der Waals surface area contributed by atoms with E-state index in [2.05, 4.69) is 27.9 Å². The van der Waals surface area contributed by atoms with E-state index in [1.54, 1.807) is 24.4 Å². The van der Waals surface area contributed by atoms with Crippen molar-refractivity contribution in [3.63, 3.8) is 0 Å². The van der Waals surface area contributed by atoms with Gasteiger partial charge in [0.15, 0.2) is 0 Å². The minimum atomic E-state index is -3.43. The average Bonchev–Trinajstić information content (AvgIpc) is 2.87. The van der Waals surface area contributed by atoms with Crippen molar-refractivity contribution in [2.75, 3.05) is 22.9 Å². The zero-order valence-electron chi connectivity index (χ0n) is 19.7. The molecular weight excluding hydrogens is 492 g/mol. The minimum absolute atomic E-state index is 0.307. The largest absolute Gasteiger partial charge is 0.314 e. The Labute approximate surface area is 215 Å². The molecule has 0 amide bonds. The predicted octanol–water partition coefficient (Wildman–Crippen LogP) is 6.76. The molecule has 1 N–H and O–H groups in total. The molecule has 0 aliphatic heterocycles. The normalized spacial score (nSPS) is 11.4. The fourth-order valence-corrected chi connectivity index (χ4v) is 5.15. The third-order valence-electron chi connectivity index (χ3n) is 5.82. The Morgan fingerprint density at radius 1 is 0.861 bits per heavy atom. The standard InChI is InChI=1S/C28H23ClN4O2S/c1-33(24-16-6-7-17-30-24)28-26-22(19-10-4-3-5-11-19)14-9-15-23(26)25(27(29)31-28)20-12-8-13-21(18-20)32-36(2,34)35/h3-18,32H,1-2H3. The molecule has 0 atom stereocenters. The molecule has 6 nitrogen and oxygen atoms in total. The van der Waals surface area contributed by atoms with E-state index in [0.29, 0.717) is 16.7 Å². The number of aromatic nitrogens is 2. The van der Waals surface area contributed by atoms with Gasteiger partial charge in [0, 0.05) is 29.9 Å². The topological polar surface area (TPSA) is 75.2 Å². The van der Waals surface area contributed by atoms with Crippen molar-refractivity contribution in [2.24, 2.45) is 0 Å². The van der Waals surface area contributed by atoms with Gasteiger partial charge in [0.05, 0.1) is 6.26 Å². The highest BCUT2D eigenvalue weighted by molar-refractivity contribution is 7.92. The predicted molar refractivity (Wildman–Crippen MR) is 148 cm³/mol. The molecule has 0 fully saturated rings.